The lowest BCUT2D eigenvalue weighted by atomic mass is 9.91. The summed E-state index contributed by atoms with van der Waals surface area (Å²) < 4.78 is 0. The zero-order chi connectivity index (χ0) is 12.1. The molecule has 1 aliphatic rings. The molecule has 2 rings (SSSR count). The van der Waals surface area contributed by atoms with Gasteiger partial charge in [-0.1, -0.05) is 36.4 Å². The van der Waals surface area contributed by atoms with Crippen molar-refractivity contribution in [3.05, 3.63) is 47.5 Å². The SMILES string of the molecule is OC(CC(O)c1ccccc1)C1=CCCCC1. The number of benzene rings is 1. The normalized spacial score (nSPS) is 19.5. The molecule has 0 aliphatic heterocycles. The van der Waals surface area contributed by atoms with Crippen molar-refractivity contribution in [1.29, 1.82) is 0 Å². The smallest absolute Gasteiger partial charge is 0.0817 e. The highest BCUT2D eigenvalue weighted by atomic mass is 16.3. The third-order valence-corrected chi connectivity index (χ3v) is 3.38. The molecule has 0 saturated heterocycles. The maximum absolute atomic E-state index is 10.1. The fourth-order valence-electron chi connectivity index (χ4n) is 2.34. The maximum atomic E-state index is 10.1. The monoisotopic (exact) mass is 232 g/mol. The third kappa shape index (κ3) is 3.42. The van der Waals surface area contributed by atoms with Gasteiger partial charge < -0.3 is 10.2 Å². The van der Waals surface area contributed by atoms with Gasteiger partial charge in [0, 0.05) is 6.42 Å². The molecule has 17 heavy (non-hydrogen) atoms. The highest BCUT2D eigenvalue weighted by Gasteiger charge is 2.18. The summed E-state index contributed by atoms with van der Waals surface area (Å²) in [5.41, 5.74) is 1.98. The van der Waals surface area contributed by atoms with E-state index in [1.54, 1.807) is 0 Å². The summed E-state index contributed by atoms with van der Waals surface area (Å²) in [4.78, 5) is 0. The number of aliphatic hydroxyl groups excluding tert-OH is 2. The van der Waals surface area contributed by atoms with E-state index in [0.29, 0.717) is 6.42 Å². The van der Waals surface area contributed by atoms with Crippen molar-refractivity contribution in [1.82, 2.24) is 0 Å². The Morgan fingerprint density at radius 2 is 1.76 bits per heavy atom. The van der Waals surface area contributed by atoms with Gasteiger partial charge >= 0.3 is 0 Å². The lowest BCUT2D eigenvalue weighted by Gasteiger charge is -2.21. The van der Waals surface area contributed by atoms with Crippen molar-refractivity contribution in [2.24, 2.45) is 0 Å². The standard InChI is InChI=1S/C15H20O2/c16-14(12-7-3-1-4-8-12)11-15(17)13-9-5-2-6-10-13/h1,3-4,7-9,14-17H,2,5-6,10-11H2. The lowest BCUT2D eigenvalue weighted by molar-refractivity contribution is 0.0963. The first-order valence-electron chi connectivity index (χ1n) is 6.37. The second-order valence-corrected chi connectivity index (χ2v) is 4.70. The van der Waals surface area contributed by atoms with Crippen molar-refractivity contribution in [2.45, 2.75) is 44.3 Å². The molecule has 92 valence electrons. The molecule has 2 atom stereocenters. The Labute approximate surface area is 103 Å². The van der Waals surface area contributed by atoms with Crippen LogP contribution in [0.5, 0.6) is 0 Å². The molecular formula is C15H20O2. The van der Waals surface area contributed by atoms with Crippen molar-refractivity contribution < 1.29 is 10.2 Å². The molecule has 0 amide bonds. The summed E-state index contributed by atoms with van der Waals surface area (Å²) in [6.07, 6.45) is 5.87. The van der Waals surface area contributed by atoms with Gasteiger partial charge in [-0.15, -0.1) is 0 Å². The largest absolute Gasteiger partial charge is 0.389 e. The molecule has 1 aliphatic carbocycles. The minimum atomic E-state index is -0.575. The zero-order valence-electron chi connectivity index (χ0n) is 10.0. The zero-order valence-corrected chi connectivity index (χ0v) is 10.0. The van der Waals surface area contributed by atoms with Crippen LogP contribution in [0.2, 0.25) is 0 Å². The molecule has 2 unspecified atom stereocenters. The van der Waals surface area contributed by atoms with Crippen LogP contribution in [0.15, 0.2) is 42.0 Å². The van der Waals surface area contributed by atoms with Gasteiger partial charge in [-0.2, -0.15) is 0 Å². The minimum Gasteiger partial charge on any atom is -0.389 e. The predicted octanol–water partition coefficient (Wildman–Crippen LogP) is 2.97. The van der Waals surface area contributed by atoms with Gasteiger partial charge in [0.25, 0.3) is 0 Å². The summed E-state index contributed by atoms with van der Waals surface area (Å²) in [7, 11) is 0. The fraction of sp³-hybridized carbons (Fsp3) is 0.467. The predicted molar refractivity (Wildman–Crippen MR) is 68.6 cm³/mol. The summed E-state index contributed by atoms with van der Waals surface area (Å²) in [5, 5.41) is 20.1. The highest BCUT2D eigenvalue weighted by molar-refractivity contribution is 5.19. The second-order valence-electron chi connectivity index (χ2n) is 4.70. The molecule has 0 radical (unpaired) electrons. The van der Waals surface area contributed by atoms with Crippen molar-refractivity contribution in [3.63, 3.8) is 0 Å². The van der Waals surface area contributed by atoms with E-state index < -0.39 is 12.2 Å². The van der Waals surface area contributed by atoms with E-state index in [2.05, 4.69) is 6.08 Å². The fourth-order valence-corrected chi connectivity index (χ4v) is 2.34. The van der Waals surface area contributed by atoms with E-state index in [9.17, 15) is 10.2 Å². The molecule has 0 saturated carbocycles. The number of aliphatic hydroxyl groups is 2. The van der Waals surface area contributed by atoms with Gasteiger partial charge in [-0.3, -0.25) is 0 Å². The molecule has 1 aromatic rings. The Balaban J connectivity index is 1.94. The van der Waals surface area contributed by atoms with E-state index in [0.717, 1.165) is 30.4 Å². The average molecular weight is 232 g/mol. The van der Waals surface area contributed by atoms with Crippen LogP contribution in [-0.4, -0.2) is 16.3 Å². The molecule has 2 nitrogen and oxygen atoms in total. The van der Waals surface area contributed by atoms with Crippen molar-refractivity contribution in [2.75, 3.05) is 0 Å². The van der Waals surface area contributed by atoms with Crippen LogP contribution in [0.1, 0.15) is 43.8 Å². The van der Waals surface area contributed by atoms with Gasteiger partial charge in [-0.25, -0.2) is 0 Å². The number of allylic oxidation sites excluding steroid dienone is 1. The van der Waals surface area contributed by atoms with Crippen LogP contribution in [0.25, 0.3) is 0 Å². The quantitative estimate of drug-likeness (QED) is 0.783. The second kappa shape index (κ2) is 5.99. The van der Waals surface area contributed by atoms with Gasteiger partial charge in [0.15, 0.2) is 0 Å². The third-order valence-electron chi connectivity index (χ3n) is 3.38. The van der Waals surface area contributed by atoms with E-state index in [1.165, 1.54) is 6.42 Å². The maximum Gasteiger partial charge on any atom is 0.0817 e. The van der Waals surface area contributed by atoms with Crippen molar-refractivity contribution >= 4 is 0 Å². The number of hydrogen-bond donors (Lipinski definition) is 2. The van der Waals surface area contributed by atoms with Crippen LogP contribution in [0.4, 0.5) is 0 Å². The lowest BCUT2D eigenvalue weighted by Crippen LogP contribution is -2.16. The average Bonchev–Trinajstić information content (AvgIpc) is 2.40. The van der Waals surface area contributed by atoms with Crippen LogP contribution in [0.3, 0.4) is 0 Å². The Kier molecular flexibility index (Phi) is 4.35. The number of hydrogen-bond acceptors (Lipinski definition) is 2. The Bertz CT molecular complexity index is 370. The molecule has 0 fully saturated rings. The van der Waals surface area contributed by atoms with Gasteiger partial charge in [0.05, 0.1) is 12.2 Å². The van der Waals surface area contributed by atoms with Crippen LogP contribution < -0.4 is 0 Å². The van der Waals surface area contributed by atoms with E-state index >= 15 is 0 Å². The van der Waals surface area contributed by atoms with E-state index in [-0.39, 0.29) is 0 Å². The molecule has 1 aromatic carbocycles. The van der Waals surface area contributed by atoms with Crippen LogP contribution in [0, 0.1) is 0 Å². The Hall–Kier alpha value is -1.12. The summed E-state index contributed by atoms with van der Waals surface area (Å²) >= 11 is 0. The molecular weight excluding hydrogens is 212 g/mol. The first-order valence-corrected chi connectivity index (χ1v) is 6.37. The Morgan fingerprint density at radius 1 is 1.00 bits per heavy atom. The van der Waals surface area contributed by atoms with Gasteiger partial charge in [0.1, 0.15) is 0 Å². The number of rotatable bonds is 4. The highest BCUT2D eigenvalue weighted by Crippen LogP contribution is 2.26. The van der Waals surface area contributed by atoms with Crippen molar-refractivity contribution in [3.8, 4) is 0 Å². The molecule has 2 N–H and O–H groups in total. The summed E-state index contributed by atoms with van der Waals surface area (Å²) in [6.45, 7) is 0. The summed E-state index contributed by atoms with van der Waals surface area (Å²) in [6, 6.07) is 9.53. The molecule has 0 aromatic heterocycles. The summed E-state index contributed by atoms with van der Waals surface area (Å²) in [5.74, 6) is 0. The molecule has 0 bridgehead atoms. The Morgan fingerprint density at radius 3 is 2.41 bits per heavy atom. The van der Waals surface area contributed by atoms with Crippen LogP contribution >= 0.6 is 0 Å². The molecule has 0 heterocycles. The van der Waals surface area contributed by atoms with Gasteiger partial charge in [0.2, 0.25) is 0 Å². The van der Waals surface area contributed by atoms with E-state index in [1.807, 2.05) is 30.3 Å². The molecule has 0 spiro atoms. The van der Waals surface area contributed by atoms with Gasteiger partial charge in [-0.05, 0) is 36.8 Å². The first-order chi connectivity index (χ1) is 8.27. The first kappa shape index (κ1) is 12.3. The van der Waals surface area contributed by atoms with Crippen LogP contribution in [-0.2, 0) is 0 Å². The topological polar surface area (TPSA) is 40.5 Å². The van der Waals surface area contributed by atoms with E-state index in [4.69, 9.17) is 0 Å². The minimum absolute atomic E-state index is 0.399. The molecule has 2 heteroatoms.